The maximum Gasteiger partial charge on any atom is 0.264 e. The van der Waals surface area contributed by atoms with Gasteiger partial charge in [-0.1, -0.05) is 29.3 Å². The van der Waals surface area contributed by atoms with E-state index in [1.165, 1.54) is 11.4 Å². The molecule has 0 aliphatic heterocycles. The van der Waals surface area contributed by atoms with Gasteiger partial charge in [-0.05, 0) is 43.3 Å². The third kappa shape index (κ3) is 4.26. The molecular formula is C19H20ClN3O3S. The zero-order valence-corrected chi connectivity index (χ0v) is 16.8. The number of ether oxygens (including phenoxy) is 1. The van der Waals surface area contributed by atoms with Crippen LogP contribution in [0.3, 0.4) is 0 Å². The van der Waals surface area contributed by atoms with Crippen LogP contribution in [0.1, 0.15) is 11.3 Å². The lowest BCUT2D eigenvalue weighted by atomic mass is 10.2. The van der Waals surface area contributed by atoms with Gasteiger partial charge in [0.2, 0.25) is 0 Å². The monoisotopic (exact) mass is 405 g/mol. The molecule has 0 aliphatic rings. The summed E-state index contributed by atoms with van der Waals surface area (Å²) >= 11 is 5.95. The molecule has 142 valence electrons. The minimum absolute atomic E-state index is 0.253. The van der Waals surface area contributed by atoms with Crippen molar-refractivity contribution >= 4 is 27.3 Å². The Kier molecular flexibility index (Phi) is 5.43. The Morgan fingerprint density at radius 3 is 2.30 bits per heavy atom. The lowest BCUT2D eigenvalue weighted by molar-refractivity contribution is 0.300. The van der Waals surface area contributed by atoms with Crippen molar-refractivity contribution in [3.8, 4) is 5.75 Å². The topological polar surface area (TPSA) is 64.4 Å². The molecule has 2 aromatic carbocycles. The number of hydrogen-bond donors (Lipinski definition) is 0. The minimum Gasteiger partial charge on any atom is -0.487 e. The fourth-order valence-corrected chi connectivity index (χ4v) is 3.85. The maximum atomic E-state index is 12.7. The molecule has 0 spiro atoms. The van der Waals surface area contributed by atoms with Gasteiger partial charge in [-0.25, -0.2) is 8.42 Å². The molecule has 8 heteroatoms. The summed E-state index contributed by atoms with van der Waals surface area (Å²) in [5, 5.41) is 4.75. The number of anilines is 1. The van der Waals surface area contributed by atoms with Crippen LogP contribution in [0, 0.1) is 6.92 Å². The summed E-state index contributed by atoms with van der Waals surface area (Å²) in [5.41, 5.74) is 2.27. The quantitative estimate of drug-likeness (QED) is 0.626. The molecule has 0 saturated carbocycles. The lowest BCUT2D eigenvalue weighted by Crippen LogP contribution is -2.26. The summed E-state index contributed by atoms with van der Waals surface area (Å²) < 4.78 is 34.0. The van der Waals surface area contributed by atoms with Gasteiger partial charge < -0.3 is 4.74 Å². The first-order valence-corrected chi connectivity index (χ1v) is 10.1. The van der Waals surface area contributed by atoms with Gasteiger partial charge in [0.15, 0.2) is 0 Å². The van der Waals surface area contributed by atoms with Crippen molar-refractivity contribution in [1.82, 2.24) is 9.78 Å². The van der Waals surface area contributed by atoms with Crippen molar-refractivity contribution in [2.75, 3.05) is 11.4 Å². The highest BCUT2D eigenvalue weighted by atomic mass is 35.5. The molecule has 0 aliphatic carbocycles. The summed E-state index contributed by atoms with van der Waals surface area (Å²) in [6.07, 6.45) is 0. The number of aromatic nitrogens is 2. The molecule has 1 aromatic heterocycles. The van der Waals surface area contributed by atoms with Crippen LogP contribution in [-0.4, -0.2) is 25.2 Å². The SMILES string of the molecule is Cc1ccc(S(=O)(=O)N(C)c2ccc(OCc3cc(Cl)n(C)n3)cc2)cc1. The van der Waals surface area contributed by atoms with E-state index in [1.54, 1.807) is 66.3 Å². The molecule has 27 heavy (non-hydrogen) atoms. The predicted octanol–water partition coefficient (Wildman–Crippen LogP) is 3.79. The minimum atomic E-state index is -3.61. The molecule has 0 saturated heterocycles. The molecule has 0 radical (unpaired) electrons. The predicted molar refractivity (Wildman–Crippen MR) is 106 cm³/mol. The van der Waals surface area contributed by atoms with Gasteiger partial charge in [-0.2, -0.15) is 5.10 Å². The van der Waals surface area contributed by atoms with Crippen LogP contribution in [0.25, 0.3) is 0 Å². The van der Waals surface area contributed by atoms with E-state index >= 15 is 0 Å². The molecular weight excluding hydrogens is 386 g/mol. The Labute approximate surface area is 164 Å². The van der Waals surface area contributed by atoms with Crippen LogP contribution in [0.5, 0.6) is 5.75 Å². The van der Waals surface area contributed by atoms with Gasteiger partial charge in [0.25, 0.3) is 10.0 Å². The molecule has 0 amide bonds. The zero-order valence-electron chi connectivity index (χ0n) is 15.3. The van der Waals surface area contributed by atoms with E-state index in [2.05, 4.69) is 5.10 Å². The lowest BCUT2D eigenvalue weighted by Gasteiger charge is -2.20. The molecule has 0 unspecified atom stereocenters. The van der Waals surface area contributed by atoms with Crippen molar-refractivity contribution in [3.05, 3.63) is 71.0 Å². The highest BCUT2D eigenvalue weighted by Crippen LogP contribution is 2.25. The number of rotatable bonds is 6. The molecule has 0 atom stereocenters. The first-order chi connectivity index (χ1) is 12.8. The average Bonchev–Trinajstić information content (AvgIpc) is 2.98. The first kappa shape index (κ1) is 19.3. The van der Waals surface area contributed by atoms with Crippen LogP contribution >= 0.6 is 11.6 Å². The van der Waals surface area contributed by atoms with Crippen LogP contribution in [0.2, 0.25) is 5.15 Å². The molecule has 0 N–H and O–H groups in total. The Bertz CT molecular complexity index is 1010. The first-order valence-electron chi connectivity index (χ1n) is 8.24. The van der Waals surface area contributed by atoms with Gasteiger partial charge in [0.05, 0.1) is 10.6 Å². The number of aryl methyl sites for hydroxylation is 2. The zero-order chi connectivity index (χ0) is 19.6. The van der Waals surface area contributed by atoms with Crippen LogP contribution in [0.15, 0.2) is 59.5 Å². The van der Waals surface area contributed by atoms with Gasteiger partial charge in [0, 0.05) is 20.2 Å². The number of sulfonamides is 1. The number of halogens is 1. The summed E-state index contributed by atoms with van der Waals surface area (Å²) in [4.78, 5) is 0.253. The van der Waals surface area contributed by atoms with Gasteiger partial charge >= 0.3 is 0 Å². The third-order valence-corrected chi connectivity index (χ3v) is 6.29. The summed E-state index contributed by atoms with van der Waals surface area (Å²) in [7, 11) is -0.330. The summed E-state index contributed by atoms with van der Waals surface area (Å²) in [5.74, 6) is 0.613. The second-order valence-electron chi connectivity index (χ2n) is 6.15. The van der Waals surface area contributed by atoms with E-state index in [0.717, 1.165) is 5.56 Å². The van der Waals surface area contributed by atoms with E-state index in [9.17, 15) is 8.42 Å². The normalized spacial score (nSPS) is 11.4. The standard InChI is InChI=1S/C19H20ClN3O3S/c1-14-4-10-18(11-5-14)27(24,25)23(3)16-6-8-17(9-7-16)26-13-15-12-19(20)22(2)21-15/h4-12H,13H2,1-3H3. The smallest absolute Gasteiger partial charge is 0.264 e. The van der Waals surface area contributed by atoms with Gasteiger partial charge in [-0.15, -0.1) is 0 Å². The van der Waals surface area contributed by atoms with Crippen molar-refractivity contribution < 1.29 is 13.2 Å². The van der Waals surface area contributed by atoms with Gasteiger partial charge in [-0.3, -0.25) is 8.99 Å². The van der Waals surface area contributed by atoms with Crippen molar-refractivity contribution in [2.45, 2.75) is 18.4 Å². The summed E-state index contributed by atoms with van der Waals surface area (Å²) in [6.45, 7) is 2.19. The second-order valence-corrected chi connectivity index (χ2v) is 8.51. The van der Waals surface area contributed by atoms with E-state index < -0.39 is 10.0 Å². The largest absolute Gasteiger partial charge is 0.487 e. The van der Waals surface area contributed by atoms with E-state index in [1.807, 2.05) is 6.92 Å². The second kappa shape index (κ2) is 7.62. The van der Waals surface area contributed by atoms with Crippen LogP contribution in [-0.2, 0) is 23.7 Å². The van der Waals surface area contributed by atoms with Crippen molar-refractivity contribution in [1.29, 1.82) is 0 Å². The molecule has 3 aromatic rings. The highest BCUT2D eigenvalue weighted by Gasteiger charge is 2.21. The Morgan fingerprint density at radius 2 is 1.74 bits per heavy atom. The number of hydrogen-bond acceptors (Lipinski definition) is 4. The number of benzene rings is 2. The summed E-state index contributed by atoms with van der Waals surface area (Å²) in [6, 6.07) is 15.4. The Hall–Kier alpha value is -2.51. The molecule has 6 nitrogen and oxygen atoms in total. The fourth-order valence-electron chi connectivity index (χ4n) is 2.49. The van der Waals surface area contributed by atoms with E-state index in [4.69, 9.17) is 16.3 Å². The highest BCUT2D eigenvalue weighted by molar-refractivity contribution is 7.92. The molecule has 1 heterocycles. The van der Waals surface area contributed by atoms with Gasteiger partial charge in [0.1, 0.15) is 23.2 Å². The fraction of sp³-hybridized carbons (Fsp3) is 0.211. The average molecular weight is 406 g/mol. The molecule has 0 bridgehead atoms. The molecule has 0 fully saturated rings. The van der Waals surface area contributed by atoms with E-state index in [-0.39, 0.29) is 11.5 Å². The third-order valence-electron chi connectivity index (χ3n) is 4.14. The number of nitrogens with zero attached hydrogens (tertiary/aromatic N) is 3. The maximum absolute atomic E-state index is 12.7. The Balaban J connectivity index is 1.71. The Morgan fingerprint density at radius 1 is 1.11 bits per heavy atom. The van der Waals surface area contributed by atoms with Crippen molar-refractivity contribution in [2.24, 2.45) is 7.05 Å². The van der Waals surface area contributed by atoms with E-state index in [0.29, 0.717) is 22.3 Å². The van der Waals surface area contributed by atoms with Crippen LogP contribution < -0.4 is 9.04 Å². The molecule has 3 rings (SSSR count). The van der Waals surface area contributed by atoms with Crippen molar-refractivity contribution in [3.63, 3.8) is 0 Å². The van der Waals surface area contributed by atoms with Crippen LogP contribution in [0.4, 0.5) is 5.69 Å².